The molecule has 3 aromatic rings. The monoisotopic (exact) mass is 491 g/mol. The standard InChI is InChI=1S/C30H41N3O3/c1-4-6-7-8-9-13-21-28(34)32(22-16-23-36-3)27(5-2)29-31-26-20-15-14-19-25(26)30(35)33(29)24-17-11-10-12-18-24/h10-12,14-15,17-20,27H,4-9,13,16,21-23H2,1-3H3. The van der Waals surface area contributed by atoms with Crippen molar-refractivity contribution in [3.63, 3.8) is 0 Å². The minimum absolute atomic E-state index is 0.111. The van der Waals surface area contributed by atoms with E-state index in [2.05, 4.69) is 13.8 Å². The summed E-state index contributed by atoms with van der Waals surface area (Å²) < 4.78 is 6.98. The lowest BCUT2D eigenvalue weighted by atomic mass is 10.1. The van der Waals surface area contributed by atoms with Gasteiger partial charge in [-0.25, -0.2) is 4.98 Å². The smallest absolute Gasteiger partial charge is 0.266 e. The fourth-order valence-corrected chi connectivity index (χ4v) is 4.78. The Labute approximate surface area is 215 Å². The maximum atomic E-state index is 13.7. The van der Waals surface area contributed by atoms with Crippen molar-refractivity contribution in [2.45, 2.75) is 77.7 Å². The van der Waals surface area contributed by atoms with Crippen molar-refractivity contribution in [2.75, 3.05) is 20.3 Å². The minimum atomic E-state index is -0.313. The largest absolute Gasteiger partial charge is 0.385 e. The van der Waals surface area contributed by atoms with E-state index in [1.807, 2.05) is 59.5 Å². The molecular formula is C30H41N3O3. The third-order valence-corrected chi connectivity index (χ3v) is 6.69. The van der Waals surface area contributed by atoms with E-state index in [1.54, 1.807) is 11.7 Å². The Morgan fingerprint density at radius 3 is 2.36 bits per heavy atom. The normalized spacial score (nSPS) is 12.1. The molecule has 1 unspecified atom stereocenters. The molecule has 0 saturated heterocycles. The van der Waals surface area contributed by atoms with Gasteiger partial charge >= 0.3 is 0 Å². The Morgan fingerprint density at radius 1 is 0.944 bits per heavy atom. The second-order valence-electron chi connectivity index (χ2n) is 9.34. The van der Waals surface area contributed by atoms with Crippen LogP contribution in [0.25, 0.3) is 16.6 Å². The van der Waals surface area contributed by atoms with Gasteiger partial charge in [-0.05, 0) is 43.5 Å². The fourth-order valence-electron chi connectivity index (χ4n) is 4.78. The highest BCUT2D eigenvalue weighted by atomic mass is 16.5. The van der Waals surface area contributed by atoms with Gasteiger partial charge in [-0.3, -0.25) is 14.2 Å². The SMILES string of the molecule is CCCCCCCCC(=O)N(CCCOC)C(CC)c1nc2ccccc2c(=O)n1-c1ccccc1. The molecule has 0 N–H and O–H groups in total. The van der Waals surface area contributed by atoms with Crippen LogP contribution in [0.2, 0.25) is 0 Å². The topological polar surface area (TPSA) is 64.4 Å². The third-order valence-electron chi connectivity index (χ3n) is 6.69. The first-order valence-corrected chi connectivity index (χ1v) is 13.5. The molecular weight excluding hydrogens is 450 g/mol. The summed E-state index contributed by atoms with van der Waals surface area (Å²) in [6.07, 6.45) is 8.72. The second-order valence-corrected chi connectivity index (χ2v) is 9.34. The number of aromatic nitrogens is 2. The van der Waals surface area contributed by atoms with Gasteiger partial charge in [0.25, 0.3) is 5.56 Å². The Hall–Kier alpha value is -2.99. The molecule has 194 valence electrons. The molecule has 0 radical (unpaired) electrons. The average molecular weight is 492 g/mol. The lowest BCUT2D eigenvalue weighted by molar-refractivity contribution is -0.134. The summed E-state index contributed by atoms with van der Waals surface area (Å²) >= 11 is 0. The van der Waals surface area contributed by atoms with Gasteiger partial charge in [0.2, 0.25) is 5.91 Å². The lowest BCUT2D eigenvalue weighted by Gasteiger charge is -2.32. The number of rotatable bonds is 15. The van der Waals surface area contributed by atoms with Gasteiger partial charge < -0.3 is 9.64 Å². The Morgan fingerprint density at radius 2 is 1.64 bits per heavy atom. The number of hydrogen-bond acceptors (Lipinski definition) is 4. The number of ether oxygens (including phenoxy) is 1. The zero-order chi connectivity index (χ0) is 25.8. The van der Waals surface area contributed by atoms with E-state index in [1.165, 1.54) is 25.7 Å². The number of para-hydroxylation sites is 2. The summed E-state index contributed by atoms with van der Waals surface area (Å²) in [5, 5.41) is 0.573. The maximum Gasteiger partial charge on any atom is 0.266 e. The maximum absolute atomic E-state index is 13.7. The molecule has 0 bridgehead atoms. The molecule has 1 heterocycles. The van der Waals surface area contributed by atoms with Crippen LogP contribution in [0.3, 0.4) is 0 Å². The van der Waals surface area contributed by atoms with Crippen LogP contribution in [-0.4, -0.2) is 40.6 Å². The van der Waals surface area contributed by atoms with Crippen LogP contribution in [-0.2, 0) is 9.53 Å². The molecule has 1 aromatic heterocycles. The summed E-state index contributed by atoms with van der Waals surface area (Å²) in [6, 6.07) is 16.7. The first kappa shape index (κ1) is 27.6. The number of fused-ring (bicyclic) bond motifs is 1. The summed E-state index contributed by atoms with van der Waals surface area (Å²) in [5.74, 6) is 0.733. The molecule has 0 aliphatic heterocycles. The molecule has 0 fully saturated rings. The number of carbonyl (C=O) groups excluding carboxylic acids is 1. The average Bonchev–Trinajstić information content (AvgIpc) is 2.91. The number of carbonyl (C=O) groups is 1. The van der Waals surface area contributed by atoms with Gasteiger partial charge in [0, 0.05) is 26.7 Å². The fraction of sp³-hybridized carbons (Fsp3) is 0.500. The second kappa shape index (κ2) is 14.5. The van der Waals surface area contributed by atoms with Crippen LogP contribution in [0.1, 0.15) is 83.5 Å². The number of nitrogens with zero attached hydrogens (tertiary/aromatic N) is 3. The first-order valence-electron chi connectivity index (χ1n) is 13.5. The molecule has 0 aliphatic carbocycles. The molecule has 1 amide bonds. The van der Waals surface area contributed by atoms with Crippen LogP contribution < -0.4 is 5.56 Å². The van der Waals surface area contributed by atoms with Crippen LogP contribution in [0.4, 0.5) is 0 Å². The molecule has 0 saturated carbocycles. The number of methoxy groups -OCH3 is 1. The Balaban J connectivity index is 1.99. The summed E-state index contributed by atoms with van der Waals surface area (Å²) in [4.78, 5) is 34.2. The van der Waals surface area contributed by atoms with Crippen LogP contribution in [0.15, 0.2) is 59.4 Å². The third kappa shape index (κ3) is 7.03. The summed E-state index contributed by atoms with van der Waals surface area (Å²) in [5.41, 5.74) is 1.30. The minimum Gasteiger partial charge on any atom is -0.385 e. The van der Waals surface area contributed by atoms with Crippen LogP contribution in [0.5, 0.6) is 0 Å². The van der Waals surface area contributed by atoms with Gasteiger partial charge in [-0.1, -0.05) is 76.3 Å². The van der Waals surface area contributed by atoms with Crippen molar-refractivity contribution >= 4 is 16.8 Å². The zero-order valence-corrected chi connectivity index (χ0v) is 22.1. The van der Waals surface area contributed by atoms with Crippen molar-refractivity contribution in [2.24, 2.45) is 0 Å². The van der Waals surface area contributed by atoms with E-state index < -0.39 is 0 Å². The number of amides is 1. The van der Waals surface area contributed by atoms with E-state index in [0.29, 0.717) is 42.7 Å². The quantitative estimate of drug-likeness (QED) is 0.229. The van der Waals surface area contributed by atoms with E-state index in [0.717, 1.165) is 24.9 Å². The van der Waals surface area contributed by atoms with Crippen molar-refractivity contribution in [1.82, 2.24) is 14.5 Å². The predicted molar refractivity (Wildman–Crippen MR) is 147 cm³/mol. The van der Waals surface area contributed by atoms with Crippen LogP contribution >= 0.6 is 0 Å². The van der Waals surface area contributed by atoms with Crippen molar-refractivity contribution < 1.29 is 9.53 Å². The number of benzene rings is 2. The molecule has 1 atom stereocenters. The zero-order valence-electron chi connectivity index (χ0n) is 22.1. The molecule has 36 heavy (non-hydrogen) atoms. The number of hydrogen-bond donors (Lipinski definition) is 0. The Kier molecular flexibility index (Phi) is 11.1. The molecule has 3 rings (SSSR count). The number of unbranched alkanes of at least 4 members (excludes halogenated alkanes) is 5. The van der Waals surface area contributed by atoms with Gasteiger partial charge in [0.1, 0.15) is 5.82 Å². The molecule has 0 aliphatic rings. The summed E-state index contributed by atoms with van der Waals surface area (Å²) in [6.45, 7) is 5.41. The van der Waals surface area contributed by atoms with Crippen LogP contribution in [0, 0.1) is 0 Å². The molecule has 6 nitrogen and oxygen atoms in total. The first-order chi connectivity index (χ1) is 17.6. The highest BCUT2D eigenvalue weighted by Crippen LogP contribution is 2.27. The van der Waals surface area contributed by atoms with E-state index >= 15 is 0 Å². The van der Waals surface area contributed by atoms with Gasteiger partial charge in [-0.15, -0.1) is 0 Å². The van der Waals surface area contributed by atoms with Crippen molar-refractivity contribution in [3.8, 4) is 5.69 Å². The van der Waals surface area contributed by atoms with Crippen molar-refractivity contribution in [1.29, 1.82) is 0 Å². The van der Waals surface area contributed by atoms with E-state index in [9.17, 15) is 9.59 Å². The van der Waals surface area contributed by atoms with Gasteiger partial charge in [-0.2, -0.15) is 0 Å². The van der Waals surface area contributed by atoms with Gasteiger partial charge in [0.05, 0.1) is 22.6 Å². The predicted octanol–water partition coefficient (Wildman–Crippen LogP) is 6.45. The molecule has 2 aromatic carbocycles. The van der Waals surface area contributed by atoms with E-state index in [4.69, 9.17) is 9.72 Å². The van der Waals surface area contributed by atoms with Crippen molar-refractivity contribution in [3.05, 3.63) is 70.8 Å². The Bertz CT molecular complexity index is 1140. The lowest BCUT2D eigenvalue weighted by Crippen LogP contribution is -2.39. The molecule has 6 heteroatoms. The summed E-state index contributed by atoms with van der Waals surface area (Å²) in [7, 11) is 1.68. The highest BCUT2D eigenvalue weighted by molar-refractivity contribution is 5.79. The highest BCUT2D eigenvalue weighted by Gasteiger charge is 2.28. The van der Waals surface area contributed by atoms with Gasteiger partial charge in [0.15, 0.2) is 0 Å². The molecule has 0 spiro atoms. The van der Waals surface area contributed by atoms with E-state index in [-0.39, 0.29) is 17.5 Å².